The van der Waals surface area contributed by atoms with Gasteiger partial charge in [0.25, 0.3) is 10.0 Å². The van der Waals surface area contributed by atoms with Crippen LogP contribution in [-0.4, -0.2) is 18.4 Å². The van der Waals surface area contributed by atoms with Gasteiger partial charge in [-0.05, 0) is 29.8 Å². The maximum atomic E-state index is 13.6. The molecule has 0 aliphatic rings. The van der Waals surface area contributed by atoms with Crippen LogP contribution in [0.15, 0.2) is 40.0 Å². The normalized spacial score (nSPS) is 11.3. The summed E-state index contributed by atoms with van der Waals surface area (Å²) < 4.78 is 40.0. The van der Waals surface area contributed by atoms with E-state index in [9.17, 15) is 12.8 Å². The van der Waals surface area contributed by atoms with Crippen molar-refractivity contribution in [2.45, 2.75) is 4.90 Å². The predicted octanol–water partition coefficient (Wildman–Crippen LogP) is 2.83. The minimum atomic E-state index is -3.95. The van der Waals surface area contributed by atoms with E-state index in [1.165, 1.54) is 12.1 Å². The summed E-state index contributed by atoms with van der Waals surface area (Å²) in [6.07, 6.45) is 2.07. The standard InChI is InChI=1S/C10H6BrClFN3O2S/c11-6-1-2-9(8(13)3-6)16-19(17,18)7-4-14-10(12)15-5-7/h1-5,16H. The van der Waals surface area contributed by atoms with E-state index in [0.29, 0.717) is 4.47 Å². The van der Waals surface area contributed by atoms with Gasteiger partial charge in [0, 0.05) is 4.47 Å². The molecule has 19 heavy (non-hydrogen) atoms. The van der Waals surface area contributed by atoms with Gasteiger partial charge < -0.3 is 0 Å². The number of nitrogens with zero attached hydrogens (tertiary/aromatic N) is 2. The van der Waals surface area contributed by atoms with E-state index < -0.39 is 15.8 Å². The maximum absolute atomic E-state index is 13.6. The van der Waals surface area contributed by atoms with E-state index in [0.717, 1.165) is 18.5 Å². The summed E-state index contributed by atoms with van der Waals surface area (Å²) in [5.41, 5.74) is -0.168. The van der Waals surface area contributed by atoms with Gasteiger partial charge in [0.05, 0.1) is 18.1 Å². The van der Waals surface area contributed by atoms with E-state index in [-0.39, 0.29) is 15.9 Å². The van der Waals surface area contributed by atoms with Crippen molar-refractivity contribution in [1.29, 1.82) is 0 Å². The monoisotopic (exact) mass is 365 g/mol. The number of aromatic nitrogens is 2. The van der Waals surface area contributed by atoms with Gasteiger partial charge in [-0.3, -0.25) is 4.72 Å². The molecule has 0 atom stereocenters. The molecule has 0 amide bonds. The van der Waals surface area contributed by atoms with Crippen LogP contribution in [0.3, 0.4) is 0 Å². The van der Waals surface area contributed by atoms with Crippen molar-refractivity contribution in [3.05, 3.63) is 46.2 Å². The first-order chi connectivity index (χ1) is 8.88. The Kier molecular flexibility index (Phi) is 4.02. The molecule has 5 nitrogen and oxygen atoms in total. The molecule has 1 heterocycles. The molecule has 1 aromatic heterocycles. The fourth-order valence-corrected chi connectivity index (χ4v) is 2.60. The number of hydrogen-bond donors (Lipinski definition) is 1. The summed E-state index contributed by atoms with van der Waals surface area (Å²) in [6.45, 7) is 0. The third-order valence-corrected chi connectivity index (χ3v) is 4.09. The summed E-state index contributed by atoms with van der Waals surface area (Å²) in [5, 5.41) is -0.0752. The molecule has 9 heteroatoms. The third kappa shape index (κ3) is 3.40. The van der Waals surface area contributed by atoms with Gasteiger partial charge in [-0.1, -0.05) is 15.9 Å². The average Bonchev–Trinajstić information content (AvgIpc) is 2.33. The Bertz CT molecular complexity index is 709. The summed E-state index contributed by atoms with van der Waals surface area (Å²) in [7, 11) is -3.95. The summed E-state index contributed by atoms with van der Waals surface area (Å²) in [4.78, 5) is 6.91. The van der Waals surface area contributed by atoms with Crippen LogP contribution in [0.1, 0.15) is 0 Å². The van der Waals surface area contributed by atoms with Crippen molar-refractivity contribution in [3.63, 3.8) is 0 Å². The largest absolute Gasteiger partial charge is 0.277 e. The highest BCUT2D eigenvalue weighted by Gasteiger charge is 2.17. The van der Waals surface area contributed by atoms with Crippen molar-refractivity contribution in [2.24, 2.45) is 0 Å². The molecule has 0 aliphatic carbocycles. The first-order valence-electron chi connectivity index (χ1n) is 4.84. The van der Waals surface area contributed by atoms with Crippen molar-refractivity contribution in [1.82, 2.24) is 9.97 Å². The fourth-order valence-electron chi connectivity index (χ4n) is 1.22. The Morgan fingerprint density at radius 2 is 1.89 bits per heavy atom. The molecule has 0 spiro atoms. The van der Waals surface area contributed by atoms with Gasteiger partial charge in [-0.15, -0.1) is 0 Å². The number of rotatable bonds is 3. The lowest BCUT2D eigenvalue weighted by Gasteiger charge is -2.08. The molecule has 0 radical (unpaired) electrons. The zero-order valence-corrected chi connectivity index (χ0v) is 12.3. The molecule has 0 aliphatic heterocycles. The SMILES string of the molecule is O=S(=O)(Nc1ccc(Br)cc1F)c1cnc(Cl)nc1. The quantitative estimate of drug-likeness (QED) is 0.848. The zero-order valence-electron chi connectivity index (χ0n) is 9.14. The van der Waals surface area contributed by atoms with E-state index in [1.807, 2.05) is 0 Å². The Balaban J connectivity index is 2.33. The van der Waals surface area contributed by atoms with E-state index in [4.69, 9.17) is 11.6 Å². The van der Waals surface area contributed by atoms with Crippen molar-refractivity contribution in [2.75, 3.05) is 4.72 Å². The van der Waals surface area contributed by atoms with Crippen LogP contribution in [0.25, 0.3) is 0 Å². The van der Waals surface area contributed by atoms with Gasteiger partial charge >= 0.3 is 0 Å². The molecule has 2 aromatic rings. The number of hydrogen-bond acceptors (Lipinski definition) is 4. The lowest BCUT2D eigenvalue weighted by atomic mass is 10.3. The van der Waals surface area contributed by atoms with E-state index in [2.05, 4.69) is 30.6 Å². The van der Waals surface area contributed by atoms with Gasteiger partial charge in [-0.2, -0.15) is 0 Å². The first kappa shape index (κ1) is 14.2. The Hall–Kier alpha value is -1.25. The predicted molar refractivity (Wildman–Crippen MR) is 72.0 cm³/mol. The molecule has 2 rings (SSSR count). The average molecular weight is 367 g/mol. The lowest BCUT2D eigenvalue weighted by Crippen LogP contribution is -2.14. The van der Waals surface area contributed by atoms with Gasteiger partial charge in [-0.25, -0.2) is 22.8 Å². The van der Waals surface area contributed by atoms with Crippen LogP contribution in [0.4, 0.5) is 10.1 Å². The maximum Gasteiger partial charge on any atom is 0.265 e. The molecule has 1 aromatic carbocycles. The summed E-state index contributed by atoms with van der Waals surface area (Å²) >= 11 is 8.54. The molecule has 1 N–H and O–H groups in total. The van der Waals surface area contributed by atoms with Gasteiger partial charge in [0.1, 0.15) is 10.7 Å². The highest BCUT2D eigenvalue weighted by molar-refractivity contribution is 9.10. The smallest absolute Gasteiger partial charge is 0.265 e. The fraction of sp³-hybridized carbons (Fsp3) is 0. The third-order valence-electron chi connectivity index (χ3n) is 2.08. The van der Waals surface area contributed by atoms with Crippen LogP contribution < -0.4 is 4.72 Å². The van der Waals surface area contributed by atoms with Crippen LogP contribution in [-0.2, 0) is 10.0 Å². The Labute approximate surface area is 122 Å². The van der Waals surface area contributed by atoms with Gasteiger partial charge in [0.2, 0.25) is 5.28 Å². The topological polar surface area (TPSA) is 72.0 Å². The number of benzene rings is 1. The van der Waals surface area contributed by atoms with Crippen LogP contribution in [0.2, 0.25) is 5.28 Å². The second-order valence-corrected chi connectivity index (χ2v) is 6.35. The highest BCUT2D eigenvalue weighted by Crippen LogP contribution is 2.22. The van der Waals surface area contributed by atoms with Crippen LogP contribution in [0, 0.1) is 5.82 Å². The Morgan fingerprint density at radius 1 is 1.26 bits per heavy atom. The second kappa shape index (κ2) is 5.40. The van der Waals surface area contributed by atoms with Crippen molar-refractivity contribution in [3.8, 4) is 0 Å². The van der Waals surface area contributed by atoms with Gasteiger partial charge in [0.15, 0.2) is 0 Å². The van der Waals surface area contributed by atoms with Crippen molar-refractivity contribution >= 4 is 43.2 Å². The van der Waals surface area contributed by atoms with Crippen LogP contribution in [0.5, 0.6) is 0 Å². The summed E-state index contributed by atoms with van der Waals surface area (Å²) in [5.74, 6) is -0.701. The van der Waals surface area contributed by atoms with E-state index in [1.54, 1.807) is 0 Å². The van der Waals surface area contributed by atoms with E-state index >= 15 is 0 Å². The van der Waals surface area contributed by atoms with Crippen LogP contribution >= 0.6 is 27.5 Å². The molecule has 0 saturated carbocycles. The lowest BCUT2D eigenvalue weighted by molar-refractivity contribution is 0.597. The number of anilines is 1. The zero-order chi connectivity index (χ0) is 14.0. The molecule has 100 valence electrons. The molecule has 0 bridgehead atoms. The molecule has 0 fully saturated rings. The minimum absolute atomic E-state index is 0.0752. The minimum Gasteiger partial charge on any atom is -0.277 e. The molecule has 0 saturated heterocycles. The first-order valence-corrected chi connectivity index (χ1v) is 7.49. The number of nitrogens with one attached hydrogen (secondary N) is 1. The molecular weight excluding hydrogens is 361 g/mol. The Morgan fingerprint density at radius 3 is 2.47 bits per heavy atom. The van der Waals surface area contributed by atoms with Crippen molar-refractivity contribution < 1.29 is 12.8 Å². The number of halogens is 3. The summed E-state index contributed by atoms with van der Waals surface area (Å²) in [6, 6.07) is 3.96. The second-order valence-electron chi connectivity index (χ2n) is 3.42. The highest BCUT2D eigenvalue weighted by atomic mass is 79.9. The number of sulfonamides is 1. The molecule has 0 unspecified atom stereocenters. The molecular formula is C10H6BrClFN3O2S.